The van der Waals surface area contributed by atoms with E-state index in [2.05, 4.69) is 5.32 Å². The first-order valence-electron chi connectivity index (χ1n) is 10.7. The van der Waals surface area contributed by atoms with Gasteiger partial charge in [0.25, 0.3) is 0 Å². The number of carbonyl (C=O) groups excluding carboxylic acids is 2. The van der Waals surface area contributed by atoms with Gasteiger partial charge in [-0.3, -0.25) is 9.59 Å². The molecule has 2 aromatic carbocycles. The van der Waals surface area contributed by atoms with E-state index in [0.717, 1.165) is 35.2 Å². The first-order valence-corrected chi connectivity index (χ1v) is 12.4. The van der Waals surface area contributed by atoms with E-state index in [9.17, 15) is 18.0 Å². The van der Waals surface area contributed by atoms with Crippen molar-refractivity contribution in [1.82, 2.24) is 0 Å². The summed E-state index contributed by atoms with van der Waals surface area (Å²) in [5, 5.41) is 2.81. The van der Waals surface area contributed by atoms with Crippen LogP contribution in [0.25, 0.3) is 0 Å². The maximum Gasteiger partial charge on any atom is 0.230 e. The molecule has 0 unspecified atom stereocenters. The highest BCUT2D eigenvalue weighted by atomic mass is 32.2. The Bertz CT molecular complexity index is 1150. The molecule has 1 fully saturated rings. The fraction of sp³-hybridized carbons (Fsp3) is 0.417. The molecule has 2 amide bonds. The molecule has 1 aliphatic carbocycles. The zero-order chi connectivity index (χ0) is 22.3. The third-order valence-electron chi connectivity index (χ3n) is 6.27. The number of amides is 2. The minimum atomic E-state index is -3.61. The fourth-order valence-corrected chi connectivity index (χ4v) is 5.39. The van der Waals surface area contributed by atoms with Gasteiger partial charge in [0.1, 0.15) is 0 Å². The number of hydrogen-bond donors (Lipinski definition) is 1. The number of nitrogens with one attached hydrogen (secondary N) is 1. The van der Waals surface area contributed by atoms with Crippen LogP contribution in [0.3, 0.4) is 0 Å². The number of carbonyl (C=O) groups is 2. The fourth-order valence-electron chi connectivity index (χ4n) is 4.11. The molecule has 7 heteroatoms. The maximum absolute atomic E-state index is 12.9. The maximum atomic E-state index is 12.9. The van der Waals surface area contributed by atoms with Crippen molar-refractivity contribution in [2.24, 2.45) is 5.92 Å². The first kappa shape index (κ1) is 21.6. The van der Waals surface area contributed by atoms with Gasteiger partial charge in [-0.2, -0.15) is 0 Å². The summed E-state index contributed by atoms with van der Waals surface area (Å²) in [6.45, 7) is 5.88. The number of anilines is 2. The number of aryl methyl sites for hydroxylation is 1. The molecule has 1 aliphatic heterocycles. The van der Waals surface area contributed by atoms with Crippen LogP contribution in [0.5, 0.6) is 0 Å². The molecular formula is C24H28N2O4S. The highest BCUT2D eigenvalue weighted by molar-refractivity contribution is 7.91. The summed E-state index contributed by atoms with van der Waals surface area (Å²) >= 11 is 0. The lowest BCUT2D eigenvalue weighted by atomic mass is 10.1. The van der Waals surface area contributed by atoms with Crippen LogP contribution < -0.4 is 10.2 Å². The van der Waals surface area contributed by atoms with Gasteiger partial charge in [0.05, 0.1) is 10.6 Å². The van der Waals surface area contributed by atoms with Crippen LogP contribution in [0.1, 0.15) is 42.9 Å². The largest absolute Gasteiger partial charge is 0.326 e. The minimum absolute atomic E-state index is 0.0319. The van der Waals surface area contributed by atoms with Crippen LogP contribution >= 0.6 is 0 Å². The van der Waals surface area contributed by atoms with Gasteiger partial charge in [0.2, 0.25) is 11.8 Å². The van der Waals surface area contributed by atoms with Crippen molar-refractivity contribution in [3.05, 3.63) is 53.1 Å². The highest BCUT2D eigenvalue weighted by Crippen LogP contribution is 2.39. The summed E-state index contributed by atoms with van der Waals surface area (Å²) in [5.41, 5.74) is 4.43. The van der Waals surface area contributed by atoms with Crippen LogP contribution in [-0.2, 0) is 25.8 Å². The summed E-state index contributed by atoms with van der Waals surface area (Å²) in [6.07, 6.45) is 2.40. The smallest absolute Gasteiger partial charge is 0.230 e. The van der Waals surface area contributed by atoms with Gasteiger partial charge in [0.15, 0.2) is 9.84 Å². The predicted octanol–water partition coefficient (Wildman–Crippen LogP) is 3.79. The topological polar surface area (TPSA) is 83.6 Å². The second-order valence-electron chi connectivity index (χ2n) is 8.69. The number of nitrogens with zero attached hydrogens (tertiary/aromatic N) is 1. The summed E-state index contributed by atoms with van der Waals surface area (Å²) in [4.78, 5) is 27.0. The van der Waals surface area contributed by atoms with E-state index in [-0.39, 0.29) is 40.8 Å². The van der Waals surface area contributed by atoms with E-state index in [4.69, 9.17) is 0 Å². The SMILES string of the molecule is Cc1cccc(NC(=O)CCS(=O)(=O)c2ccc3c(c2)C[C@H](C)N3C(=O)C2CC2)c1C. The van der Waals surface area contributed by atoms with Gasteiger partial charge in [-0.05, 0) is 81.0 Å². The molecule has 1 atom stereocenters. The Balaban J connectivity index is 1.44. The van der Waals surface area contributed by atoms with Gasteiger partial charge in [0, 0.05) is 29.8 Å². The molecule has 164 valence electrons. The first-order chi connectivity index (χ1) is 14.7. The molecule has 1 N–H and O–H groups in total. The van der Waals surface area contributed by atoms with E-state index in [1.54, 1.807) is 18.2 Å². The Kier molecular flexibility index (Phi) is 5.64. The lowest BCUT2D eigenvalue weighted by Crippen LogP contribution is -2.36. The van der Waals surface area contributed by atoms with Crippen LogP contribution in [0.15, 0.2) is 41.3 Å². The molecule has 0 saturated heterocycles. The minimum Gasteiger partial charge on any atom is -0.326 e. The van der Waals surface area contributed by atoms with Crippen LogP contribution in [-0.4, -0.2) is 32.0 Å². The summed E-state index contributed by atoms with van der Waals surface area (Å²) < 4.78 is 25.7. The second-order valence-corrected chi connectivity index (χ2v) is 10.8. The van der Waals surface area contributed by atoms with Crippen molar-refractivity contribution >= 4 is 33.0 Å². The van der Waals surface area contributed by atoms with E-state index in [1.807, 2.05) is 43.9 Å². The van der Waals surface area contributed by atoms with Crippen molar-refractivity contribution in [3.63, 3.8) is 0 Å². The molecule has 0 aromatic heterocycles. The highest BCUT2D eigenvalue weighted by Gasteiger charge is 2.39. The summed E-state index contributed by atoms with van der Waals surface area (Å²) in [6, 6.07) is 10.6. The third kappa shape index (κ3) is 4.37. The van der Waals surface area contributed by atoms with Gasteiger partial charge >= 0.3 is 0 Å². The normalized spacial score (nSPS) is 18.0. The molecule has 4 rings (SSSR count). The van der Waals surface area contributed by atoms with Crippen molar-refractivity contribution < 1.29 is 18.0 Å². The Morgan fingerprint density at radius 1 is 1.13 bits per heavy atom. The molecule has 1 heterocycles. The van der Waals surface area contributed by atoms with Crippen LogP contribution in [0, 0.1) is 19.8 Å². The Labute approximate surface area is 183 Å². The predicted molar refractivity (Wildman–Crippen MR) is 121 cm³/mol. The van der Waals surface area contributed by atoms with E-state index in [0.29, 0.717) is 12.1 Å². The molecule has 0 radical (unpaired) electrons. The number of rotatable bonds is 6. The van der Waals surface area contributed by atoms with E-state index < -0.39 is 9.84 Å². The Morgan fingerprint density at radius 3 is 2.58 bits per heavy atom. The molecule has 1 saturated carbocycles. The zero-order valence-electron chi connectivity index (χ0n) is 18.1. The zero-order valence-corrected chi connectivity index (χ0v) is 19.0. The number of fused-ring (bicyclic) bond motifs is 1. The molecule has 6 nitrogen and oxygen atoms in total. The lowest BCUT2D eigenvalue weighted by molar-refractivity contribution is -0.120. The van der Waals surface area contributed by atoms with Gasteiger partial charge in [-0.25, -0.2) is 8.42 Å². The lowest BCUT2D eigenvalue weighted by Gasteiger charge is -2.22. The van der Waals surface area contributed by atoms with Crippen LogP contribution in [0.2, 0.25) is 0 Å². The number of hydrogen-bond acceptors (Lipinski definition) is 4. The molecule has 2 aliphatic rings. The second kappa shape index (κ2) is 8.11. The van der Waals surface area contributed by atoms with Crippen LogP contribution in [0.4, 0.5) is 11.4 Å². The molecular weight excluding hydrogens is 412 g/mol. The summed E-state index contributed by atoms with van der Waals surface area (Å²) in [5.74, 6) is -0.325. The summed E-state index contributed by atoms with van der Waals surface area (Å²) in [7, 11) is -3.61. The molecule has 0 bridgehead atoms. The van der Waals surface area contributed by atoms with Gasteiger partial charge < -0.3 is 10.2 Å². The van der Waals surface area contributed by atoms with E-state index in [1.165, 1.54) is 0 Å². The molecule has 2 aromatic rings. The van der Waals surface area contributed by atoms with E-state index >= 15 is 0 Å². The van der Waals surface area contributed by atoms with Crippen molar-refractivity contribution in [1.29, 1.82) is 0 Å². The third-order valence-corrected chi connectivity index (χ3v) is 7.98. The average Bonchev–Trinajstić information content (AvgIpc) is 3.51. The van der Waals surface area contributed by atoms with Gasteiger partial charge in [-0.15, -0.1) is 0 Å². The molecule has 31 heavy (non-hydrogen) atoms. The van der Waals surface area contributed by atoms with Crippen molar-refractivity contribution in [3.8, 4) is 0 Å². The molecule has 0 spiro atoms. The monoisotopic (exact) mass is 440 g/mol. The van der Waals surface area contributed by atoms with Crippen molar-refractivity contribution in [2.45, 2.75) is 57.4 Å². The number of benzene rings is 2. The van der Waals surface area contributed by atoms with Crippen molar-refractivity contribution in [2.75, 3.05) is 16.0 Å². The number of sulfone groups is 1. The Morgan fingerprint density at radius 2 is 1.87 bits per heavy atom. The van der Waals surface area contributed by atoms with Gasteiger partial charge in [-0.1, -0.05) is 12.1 Å². The average molecular weight is 441 g/mol. The quantitative estimate of drug-likeness (QED) is 0.741. The standard InChI is InChI=1S/C24H28N2O4S/c1-15-5-4-6-21(17(15)3)25-23(27)11-12-31(29,30)20-9-10-22-19(14-20)13-16(2)26(22)24(28)18-7-8-18/h4-6,9-10,14,16,18H,7-8,11-13H2,1-3H3,(H,25,27)/t16-/m0/s1. The Hall–Kier alpha value is -2.67.